The van der Waals surface area contributed by atoms with Crippen LogP contribution in [0.5, 0.6) is 0 Å². The van der Waals surface area contributed by atoms with E-state index < -0.39 is 22.4 Å². The van der Waals surface area contributed by atoms with E-state index in [1.54, 1.807) is 18.6 Å². The molecule has 1 aromatic heterocycles. The van der Waals surface area contributed by atoms with Crippen LogP contribution in [0.2, 0.25) is 0 Å². The minimum Gasteiger partial charge on any atom is -0.446 e. The number of amides is 1. The molecular weight excluding hydrogens is 302 g/mol. The number of hydrogen-bond donors (Lipinski definition) is 3. The Bertz CT molecular complexity index is 593. The van der Waals surface area contributed by atoms with Gasteiger partial charge in [-0.3, -0.25) is 0 Å². The van der Waals surface area contributed by atoms with Gasteiger partial charge in [-0.1, -0.05) is 5.10 Å². The lowest BCUT2D eigenvalue weighted by atomic mass is 10.2. The van der Waals surface area contributed by atoms with Crippen molar-refractivity contribution in [3.8, 4) is 0 Å². The number of ether oxygens (including phenoxy) is 1. The average molecular weight is 319 g/mol. The Morgan fingerprint density at radius 2 is 2.24 bits per heavy atom. The van der Waals surface area contributed by atoms with Crippen LogP contribution in [0.1, 0.15) is 38.6 Å². The first kappa shape index (κ1) is 15.5. The van der Waals surface area contributed by atoms with Gasteiger partial charge in [0.2, 0.25) is 5.89 Å². The number of aromatic nitrogens is 2. The molecule has 1 aromatic rings. The zero-order valence-electron chi connectivity index (χ0n) is 11.6. The highest BCUT2D eigenvalue weighted by molar-refractivity contribution is 7.91. The van der Waals surface area contributed by atoms with Gasteiger partial charge in [-0.2, -0.15) is 8.42 Å². The maximum absolute atomic E-state index is 11.7. The van der Waals surface area contributed by atoms with Gasteiger partial charge in [0.05, 0.1) is 12.1 Å². The van der Waals surface area contributed by atoms with E-state index in [0.29, 0.717) is 5.89 Å². The summed E-state index contributed by atoms with van der Waals surface area (Å²) >= 11 is 0. The average Bonchev–Trinajstić information content (AvgIpc) is 2.95. The summed E-state index contributed by atoms with van der Waals surface area (Å²) in [4.78, 5) is 11.2. The van der Waals surface area contributed by atoms with Gasteiger partial charge in [-0.25, -0.2) is 14.2 Å². The van der Waals surface area contributed by atoms with Gasteiger partial charge in [0.1, 0.15) is 0 Å². The Morgan fingerprint density at radius 1 is 1.48 bits per heavy atom. The molecule has 0 saturated carbocycles. The summed E-state index contributed by atoms with van der Waals surface area (Å²) in [6.07, 6.45) is 0.294. The molecule has 0 aliphatic carbocycles. The van der Waals surface area contributed by atoms with Crippen molar-refractivity contribution in [2.24, 2.45) is 0 Å². The minimum absolute atomic E-state index is 0.0744. The van der Waals surface area contributed by atoms with Gasteiger partial charge in [0.15, 0.2) is 0 Å². The molecular formula is C10H17N5O5S. The summed E-state index contributed by atoms with van der Waals surface area (Å²) in [5.41, 5.74) is 0. The molecule has 2 heterocycles. The predicted molar refractivity (Wildman–Crippen MR) is 71.6 cm³/mol. The van der Waals surface area contributed by atoms with Crippen LogP contribution in [0.3, 0.4) is 0 Å². The molecule has 0 spiro atoms. The first-order chi connectivity index (χ1) is 9.85. The molecule has 1 saturated heterocycles. The summed E-state index contributed by atoms with van der Waals surface area (Å²) in [7, 11) is -4.18. The largest absolute Gasteiger partial charge is 0.446 e. The summed E-state index contributed by atoms with van der Waals surface area (Å²) in [6.45, 7) is 4.04. The van der Waals surface area contributed by atoms with Crippen LogP contribution in [0.25, 0.3) is 0 Å². The molecule has 0 radical (unpaired) electrons. The van der Waals surface area contributed by atoms with E-state index in [4.69, 9.17) is 4.42 Å². The Labute approximate surface area is 121 Å². The van der Waals surface area contributed by atoms with Gasteiger partial charge in [-0.05, 0) is 33.2 Å². The molecule has 1 amide bonds. The zero-order valence-corrected chi connectivity index (χ0v) is 12.4. The van der Waals surface area contributed by atoms with E-state index in [0.717, 1.165) is 19.4 Å². The normalized spacial score (nSPS) is 18.7. The summed E-state index contributed by atoms with van der Waals surface area (Å²) in [5.74, 6) is 0.301. The molecule has 1 unspecified atom stereocenters. The molecule has 2 rings (SSSR count). The minimum atomic E-state index is -4.18. The van der Waals surface area contributed by atoms with Crippen molar-refractivity contribution in [3.05, 3.63) is 5.89 Å². The van der Waals surface area contributed by atoms with Crippen molar-refractivity contribution in [1.29, 1.82) is 0 Å². The smallest absolute Gasteiger partial charge is 0.422 e. The van der Waals surface area contributed by atoms with Crippen LogP contribution in [-0.4, -0.2) is 37.4 Å². The third kappa shape index (κ3) is 4.56. The maximum Gasteiger partial charge on any atom is 0.422 e. The van der Waals surface area contributed by atoms with Gasteiger partial charge in [-0.15, -0.1) is 5.10 Å². The summed E-state index contributed by atoms with van der Waals surface area (Å²) in [5, 5.41) is 10.5. The SMILES string of the molecule is CC(C)OC(=O)NS(=O)(=O)Nc1nnc(C2CCCN2)o1. The Hall–Kier alpha value is -1.88. The first-order valence-corrected chi connectivity index (χ1v) is 7.92. The molecule has 21 heavy (non-hydrogen) atoms. The lowest BCUT2D eigenvalue weighted by Gasteiger charge is -2.09. The second kappa shape index (κ2) is 6.26. The summed E-state index contributed by atoms with van der Waals surface area (Å²) in [6, 6.07) is -0.391. The third-order valence-electron chi connectivity index (χ3n) is 2.58. The number of rotatable bonds is 5. The molecule has 0 bridgehead atoms. The molecule has 3 N–H and O–H groups in total. The van der Waals surface area contributed by atoms with E-state index in [2.05, 4.69) is 20.3 Å². The van der Waals surface area contributed by atoms with Gasteiger partial charge in [0, 0.05) is 0 Å². The topological polar surface area (TPSA) is 135 Å². The number of nitrogens with zero attached hydrogens (tertiary/aromatic N) is 2. The fraction of sp³-hybridized carbons (Fsp3) is 0.700. The molecule has 10 nitrogen and oxygen atoms in total. The van der Waals surface area contributed by atoms with Crippen molar-refractivity contribution in [3.63, 3.8) is 0 Å². The van der Waals surface area contributed by atoms with E-state index in [1.165, 1.54) is 0 Å². The standard InChI is InChI=1S/C10H17N5O5S/c1-6(2)19-10(16)15-21(17,18)14-9-13-12-8(20-9)7-4-3-5-11-7/h6-7,11H,3-5H2,1-2H3,(H,13,14)(H,15,16). The van der Waals surface area contributed by atoms with E-state index in [9.17, 15) is 13.2 Å². The molecule has 1 aliphatic heterocycles. The lowest BCUT2D eigenvalue weighted by molar-refractivity contribution is 0.121. The van der Waals surface area contributed by atoms with E-state index in [-0.39, 0.29) is 12.1 Å². The highest BCUT2D eigenvalue weighted by atomic mass is 32.2. The Morgan fingerprint density at radius 3 is 2.86 bits per heavy atom. The maximum atomic E-state index is 11.7. The van der Waals surface area contributed by atoms with Crippen LogP contribution >= 0.6 is 0 Å². The Kier molecular flexibility index (Phi) is 4.63. The van der Waals surface area contributed by atoms with Gasteiger partial charge < -0.3 is 14.5 Å². The summed E-state index contributed by atoms with van der Waals surface area (Å²) < 4.78 is 36.8. The van der Waals surface area contributed by atoms with E-state index >= 15 is 0 Å². The molecule has 0 aromatic carbocycles. The highest BCUT2D eigenvalue weighted by Gasteiger charge is 2.24. The first-order valence-electron chi connectivity index (χ1n) is 6.43. The number of nitrogens with one attached hydrogen (secondary N) is 3. The monoisotopic (exact) mass is 319 g/mol. The van der Waals surface area contributed by atoms with Crippen LogP contribution in [0, 0.1) is 0 Å². The van der Waals surface area contributed by atoms with Crippen LogP contribution in [0.4, 0.5) is 10.8 Å². The van der Waals surface area contributed by atoms with Gasteiger partial charge >= 0.3 is 22.3 Å². The second-order valence-corrected chi connectivity index (χ2v) is 6.17. The van der Waals surface area contributed by atoms with Crippen molar-refractivity contribution >= 4 is 22.3 Å². The van der Waals surface area contributed by atoms with Crippen molar-refractivity contribution in [2.45, 2.75) is 38.8 Å². The van der Waals surface area contributed by atoms with Gasteiger partial charge in [0.25, 0.3) is 0 Å². The fourth-order valence-corrected chi connectivity index (χ4v) is 2.43. The second-order valence-electron chi connectivity index (χ2n) is 4.76. The van der Waals surface area contributed by atoms with Crippen LogP contribution in [0.15, 0.2) is 4.42 Å². The zero-order chi connectivity index (χ0) is 15.5. The highest BCUT2D eigenvalue weighted by Crippen LogP contribution is 2.22. The number of hydrogen-bond acceptors (Lipinski definition) is 8. The molecule has 1 atom stereocenters. The molecule has 1 fully saturated rings. The van der Waals surface area contributed by atoms with Crippen molar-refractivity contribution in [1.82, 2.24) is 20.2 Å². The quantitative estimate of drug-likeness (QED) is 0.704. The fourth-order valence-electron chi connectivity index (χ4n) is 1.80. The number of carbonyl (C=O) groups excluding carboxylic acids is 1. The molecule has 1 aliphatic rings. The van der Waals surface area contributed by atoms with Crippen molar-refractivity contribution in [2.75, 3.05) is 11.3 Å². The predicted octanol–water partition coefficient (Wildman–Crippen LogP) is 0.285. The van der Waals surface area contributed by atoms with E-state index in [1.807, 2.05) is 4.72 Å². The van der Waals surface area contributed by atoms with Crippen molar-refractivity contribution < 1.29 is 22.4 Å². The number of anilines is 1. The van der Waals surface area contributed by atoms with Crippen LogP contribution in [-0.2, 0) is 14.9 Å². The molecule has 11 heteroatoms. The number of carbonyl (C=O) groups is 1. The molecule has 118 valence electrons. The lowest BCUT2D eigenvalue weighted by Crippen LogP contribution is -2.36. The Balaban J connectivity index is 1.95. The third-order valence-corrected chi connectivity index (χ3v) is 3.46. The van der Waals surface area contributed by atoms with Crippen LogP contribution < -0.4 is 14.8 Å².